The Morgan fingerprint density at radius 2 is 1.21 bits per heavy atom. The summed E-state index contributed by atoms with van der Waals surface area (Å²) in [7, 11) is 0. The summed E-state index contributed by atoms with van der Waals surface area (Å²) in [4.78, 5) is 4.82. The van der Waals surface area contributed by atoms with Crippen LogP contribution in [0.3, 0.4) is 0 Å². The van der Waals surface area contributed by atoms with Crippen molar-refractivity contribution in [3.8, 4) is 5.75 Å². The van der Waals surface area contributed by atoms with E-state index in [1.807, 2.05) is 6.21 Å². The van der Waals surface area contributed by atoms with Crippen LogP contribution in [0.15, 0.2) is 83.9 Å². The molecule has 4 fully saturated rings. The third-order valence-corrected chi connectivity index (χ3v) is 10.9. The Bertz CT molecular complexity index is 1280. The highest BCUT2D eigenvalue weighted by Crippen LogP contribution is 2.66. The molecule has 3 aromatic carbocycles. The Morgan fingerprint density at radius 1 is 0.651 bits per heavy atom. The molecule has 0 spiro atoms. The number of nitrogens with zero attached hydrogens (tertiary/aromatic N) is 1. The number of hydrogen-bond donors (Lipinski definition) is 0. The van der Waals surface area contributed by atoms with E-state index in [0.717, 1.165) is 41.9 Å². The van der Waals surface area contributed by atoms with Crippen LogP contribution >= 0.6 is 0 Å². The first kappa shape index (κ1) is 30.2. The molecular weight excluding hydrogens is 522 g/mol. The monoisotopic (exact) mass is 575 g/mol. The first-order valence-electron chi connectivity index (χ1n) is 17.6. The minimum atomic E-state index is 0.339. The maximum Gasteiger partial charge on any atom is 0.119 e. The van der Waals surface area contributed by atoms with Crippen molar-refractivity contribution in [2.24, 2.45) is 16.8 Å². The van der Waals surface area contributed by atoms with E-state index in [1.165, 1.54) is 96.3 Å². The molecule has 43 heavy (non-hydrogen) atoms. The van der Waals surface area contributed by atoms with Crippen LogP contribution in [-0.4, -0.2) is 12.8 Å². The smallest absolute Gasteiger partial charge is 0.119 e. The van der Waals surface area contributed by atoms with Crippen molar-refractivity contribution in [3.05, 3.63) is 95.6 Å². The number of ether oxygens (including phenoxy) is 1. The lowest BCUT2D eigenvalue weighted by atomic mass is 9.42. The standard InChI is InChI=1S/C41H53NO/c1-2-3-4-5-6-7-8-9-10-14-25-43-39-23-17-33(18-24-39)31-42-38-21-19-37(20-22-38)41-29-34-26-35(30-41)28-40(27-34,32-41)36-15-12-11-13-16-36/h11-13,15-24,31,34-35H,2-10,14,25-30,32H2,1H3/t34-,35+,40?,41?. The van der Waals surface area contributed by atoms with Gasteiger partial charge in [0.15, 0.2) is 0 Å². The van der Waals surface area contributed by atoms with Crippen molar-refractivity contribution in [3.63, 3.8) is 0 Å². The van der Waals surface area contributed by atoms with E-state index in [0.29, 0.717) is 10.8 Å². The van der Waals surface area contributed by atoms with E-state index < -0.39 is 0 Å². The van der Waals surface area contributed by atoms with Crippen LogP contribution < -0.4 is 4.74 Å². The van der Waals surface area contributed by atoms with Crippen molar-refractivity contribution in [1.29, 1.82) is 0 Å². The van der Waals surface area contributed by atoms with Crippen LogP contribution in [0, 0.1) is 11.8 Å². The minimum absolute atomic E-state index is 0.339. The Labute approximate surface area is 261 Å². The molecule has 4 aliphatic carbocycles. The Hall–Kier alpha value is -2.87. The Kier molecular flexibility index (Phi) is 10.0. The predicted molar refractivity (Wildman–Crippen MR) is 182 cm³/mol. The number of unbranched alkanes of at least 4 members (excludes halogenated alkanes) is 9. The summed E-state index contributed by atoms with van der Waals surface area (Å²) in [5.74, 6) is 2.71. The molecule has 3 aromatic rings. The quantitative estimate of drug-likeness (QED) is 0.123. The van der Waals surface area contributed by atoms with Gasteiger partial charge in [0.1, 0.15) is 5.75 Å². The molecule has 2 unspecified atom stereocenters. The summed E-state index contributed by atoms with van der Waals surface area (Å²) in [5.41, 5.74) is 6.00. The van der Waals surface area contributed by atoms with Gasteiger partial charge in [-0.25, -0.2) is 0 Å². The summed E-state index contributed by atoms with van der Waals surface area (Å²) >= 11 is 0. The molecule has 4 saturated carbocycles. The highest BCUT2D eigenvalue weighted by atomic mass is 16.5. The first-order valence-corrected chi connectivity index (χ1v) is 17.6. The zero-order valence-electron chi connectivity index (χ0n) is 26.6. The minimum Gasteiger partial charge on any atom is -0.494 e. The van der Waals surface area contributed by atoms with Gasteiger partial charge in [-0.1, -0.05) is 107 Å². The van der Waals surface area contributed by atoms with Crippen molar-refractivity contribution < 1.29 is 4.74 Å². The molecule has 0 N–H and O–H groups in total. The number of rotatable bonds is 16. The highest BCUT2D eigenvalue weighted by Gasteiger charge is 2.58. The predicted octanol–water partition coefficient (Wildman–Crippen LogP) is 11.5. The van der Waals surface area contributed by atoms with Gasteiger partial charge < -0.3 is 4.74 Å². The molecule has 0 radical (unpaired) electrons. The van der Waals surface area contributed by atoms with Gasteiger partial charge in [0.25, 0.3) is 0 Å². The number of benzene rings is 3. The Morgan fingerprint density at radius 3 is 1.81 bits per heavy atom. The zero-order valence-corrected chi connectivity index (χ0v) is 26.6. The fourth-order valence-corrected chi connectivity index (χ4v) is 9.21. The second-order valence-electron chi connectivity index (χ2n) is 14.3. The van der Waals surface area contributed by atoms with Crippen molar-refractivity contribution in [1.82, 2.24) is 0 Å². The summed E-state index contributed by atoms with van der Waals surface area (Å²) in [5, 5.41) is 0. The fourth-order valence-electron chi connectivity index (χ4n) is 9.21. The second-order valence-corrected chi connectivity index (χ2v) is 14.3. The van der Waals surface area contributed by atoms with E-state index in [1.54, 1.807) is 11.1 Å². The lowest BCUT2D eigenvalue weighted by Crippen LogP contribution is -2.55. The fraction of sp³-hybridized carbons (Fsp3) is 0.537. The molecule has 0 heterocycles. The molecule has 0 aliphatic heterocycles. The van der Waals surface area contributed by atoms with E-state index in [4.69, 9.17) is 9.73 Å². The molecule has 7 rings (SSSR count). The van der Waals surface area contributed by atoms with Gasteiger partial charge >= 0.3 is 0 Å². The van der Waals surface area contributed by atoms with Gasteiger partial charge in [0.2, 0.25) is 0 Å². The van der Waals surface area contributed by atoms with Crippen molar-refractivity contribution in [2.45, 2.75) is 120 Å². The molecule has 228 valence electrons. The van der Waals surface area contributed by atoms with Crippen LogP contribution in [-0.2, 0) is 10.8 Å². The molecule has 2 nitrogen and oxygen atoms in total. The van der Waals surface area contributed by atoms with E-state index in [2.05, 4.69) is 85.8 Å². The van der Waals surface area contributed by atoms with Crippen LogP contribution in [0.5, 0.6) is 5.75 Å². The van der Waals surface area contributed by atoms with Crippen LogP contribution in [0.1, 0.15) is 126 Å². The van der Waals surface area contributed by atoms with Gasteiger partial charge in [-0.3, -0.25) is 4.99 Å². The molecule has 0 aromatic heterocycles. The summed E-state index contributed by atoms with van der Waals surface area (Å²) < 4.78 is 6.00. The van der Waals surface area contributed by atoms with Crippen LogP contribution in [0.4, 0.5) is 5.69 Å². The summed E-state index contributed by atoms with van der Waals surface area (Å²) in [6, 6.07) is 29.1. The van der Waals surface area contributed by atoms with Gasteiger partial charge in [-0.05, 0) is 121 Å². The third-order valence-electron chi connectivity index (χ3n) is 10.9. The molecular formula is C41H53NO. The summed E-state index contributed by atoms with van der Waals surface area (Å²) in [6.45, 7) is 3.10. The van der Waals surface area contributed by atoms with Gasteiger partial charge in [0, 0.05) is 6.21 Å². The Balaban J connectivity index is 0.967. The van der Waals surface area contributed by atoms with Crippen LogP contribution in [0.25, 0.3) is 0 Å². The topological polar surface area (TPSA) is 21.6 Å². The molecule has 0 saturated heterocycles. The molecule has 4 aliphatic rings. The first-order chi connectivity index (χ1) is 21.2. The van der Waals surface area contributed by atoms with Gasteiger partial charge in [-0.2, -0.15) is 0 Å². The maximum atomic E-state index is 6.00. The largest absolute Gasteiger partial charge is 0.494 e. The van der Waals surface area contributed by atoms with E-state index in [-0.39, 0.29) is 0 Å². The SMILES string of the molecule is CCCCCCCCCCCCOc1ccc(C=Nc2ccc(C34C[C@@H]5C[C@@H](CC(c6ccccc6)(C5)C3)C4)cc2)cc1. The molecule has 4 bridgehead atoms. The van der Waals surface area contributed by atoms with Gasteiger partial charge in [-0.15, -0.1) is 0 Å². The maximum absolute atomic E-state index is 6.00. The number of hydrogen-bond acceptors (Lipinski definition) is 2. The normalized spacial score (nSPS) is 25.9. The van der Waals surface area contributed by atoms with E-state index >= 15 is 0 Å². The second kappa shape index (κ2) is 14.3. The summed E-state index contributed by atoms with van der Waals surface area (Å²) in [6.07, 6.45) is 23.8. The van der Waals surface area contributed by atoms with Gasteiger partial charge in [0.05, 0.1) is 12.3 Å². The van der Waals surface area contributed by atoms with Crippen molar-refractivity contribution in [2.75, 3.05) is 6.61 Å². The molecule has 0 amide bonds. The number of aliphatic imine (C=N–C) groups is 1. The van der Waals surface area contributed by atoms with Crippen molar-refractivity contribution >= 4 is 11.9 Å². The highest BCUT2D eigenvalue weighted by molar-refractivity contribution is 5.82. The molecule has 4 atom stereocenters. The van der Waals surface area contributed by atoms with Crippen LogP contribution in [0.2, 0.25) is 0 Å². The average molecular weight is 576 g/mol. The third kappa shape index (κ3) is 7.44. The lowest BCUT2D eigenvalue weighted by Gasteiger charge is -2.62. The molecule has 2 heteroatoms. The van der Waals surface area contributed by atoms with E-state index in [9.17, 15) is 0 Å². The average Bonchev–Trinajstić information content (AvgIpc) is 3.03. The lowest BCUT2D eigenvalue weighted by molar-refractivity contribution is -0.0281. The zero-order chi connectivity index (χ0) is 29.4.